The van der Waals surface area contributed by atoms with Gasteiger partial charge in [0.25, 0.3) is 0 Å². The molecule has 1 aromatic carbocycles. The van der Waals surface area contributed by atoms with Crippen molar-refractivity contribution in [2.75, 3.05) is 12.3 Å². The fourth-order valence-corrected chi connectivity index (χ4v) is 5.07. The zero-order valence-electron chi connectivity index (χ0n) is 12.7. The predicted molar refractivity (Wildman–Crippen MR) is 82.1 cm³/mol. The molecule has 2 atom stereocenters. The van der Waals surface area contributed by atoms with Gasteiger partial charge in [0.05, 0.1) is 5.69 Å². The van der Waals surface area contributed by atoms with E-state index in [2.05, 4.69) is 6.92 Å². The van der Waals surface area contributed by atoms with Crippen molar-refractivity contribution in [1.82, 2.24) is 4.31 Å². The van der Waals surface area contributed by atoms with E-state index >= 15 is 0 Å². The molecule has 1 aromatic rings. The molecule has 2 rings (SSSR count). The van der Waals surface area contributed by atoms with Gasteiger partial charge in [-0.15, -0.1) is 0 Å². The molecule has 1 aliphatic rings. The first-order valence-electron chi connectivity index (χ1n) is 7.12. The molecular weight excluding hydrogens is 272 g/mol. The Balaban J connectivity index is 2.49. The first-order valence-corrected chi connectivity index (χ1v) is 8.56. The second-order valence-electron chi connectivity index (χ2n) is 6.02. The minimum Gasteiger partial charge on any atom is -0.398 e. The summed E-state index contributed by atoms with van der Waals surface area (Å²) in [6.45, 7) is 8.48. The van der Waals surface area contributed by atoms with E-state index in [-0.39, 0.29) is 6.04 Å². The van der Waals surface area contributed by atoms with E-state index < -0.39 is 10.0 Å². The Morgan fingerprint density at radius 3 is 2.50 bits per heavy atom. The minimum absolute atomic E-state index is 0.0306. The van der Waals surface area contributed by atoms with Gasteiger partial charge in [0.1, 0.15) is 4.90 Å². The third-order valence-corrected chi connectivity index (χ3v) is 6.57. The van der Waals surface area contributed by atoms with Gasteiger partial charge in [0, 0.05) is 12.6 Å². The molecule has 20 heavy (non-hydrogen) atoms. The number of sulfonamides is 1. The first-order chi connectivity index (χ1) is 9.25. The van der Waals surface area contributed by atoms with Gasteiger partial charge >= 0.3 is 0 Å². The van der Waals surface area contributed by atoms with Crippen molar-refractivity contribution in [3.63, 3.8) is 0 Å². The summed E-state index contributed by atoms with van der Waals surface area (Å²) in [5.41, 5.74) is 8.01. The van der Waals surface area contributed by atoms with Crippen LogP contribution < -0.4 is 5.73 Å². The Morgan fingerprint density at radius 2 is 1.90 bits per heavy atom. The van der Waals surface area contributed by atoms with Crippen LogP contribution in [0.25, 0.3) is 0 Å². The smallest absolute Gasteiger partial charge is 0.245 e. The van der Waals surface area contributed by atoms with Gasteiger partial charge in [-0.1, -0.05) is 13.0 Å². The number of aryl methyl sites for hydroxylation is 1. The van der Waals surface area contributed by atoms with Crippen LogP contribution in [-0.2, 0) is 10.0 Å². The quantitative estimate of drug-likeness (QED) is 0.853. The van der Waals surface area contributed by atoms with Crippen LogP contribution in [0, 0.1) is 19.8 Å². The maximum atomic E-state index is 12.9. The number of nitrogens with two attached hydrogens (primary N) is 1. The summed E-state index contributed by atoms with van der Waals surface area (Å²) in [6, 6.07) is 3.58. The molecule has 2 unspecified atom stereocenters. The van der Waals surface area contributed by atoms with E-state index in [0.717, 1.165) is 24.0 Å². The van der Waals surface area contributed by atoms with Crippen LogP contribution in [0.1, 0.15) is 37.8 Å². The predicted octanol–water partition coefficient (Wildman–Crippen LogP) is 2.69. The number of nitrogen functional groups attached to an aromatic ring is 1. The molecule has 1 aliphatic heterocycles. The lowest BCUT2D eigenvalue weighted by Gasteiger charge is -2.36. The minimum atomic E-state index is -3.51. The standard InChI is InChI=1S/C15H24N2O2S/c1-10-7-8-17(12(3)9-10)20(18,19)15-13(4)11(2)5-6-14(15)16/h5-6,10,12H,7-9,16H2,1-4H3. The van der Waals surface area contributed by atoms with Crippen LogP contribution >= 0.6 is 0 Å². The molecule has 4 nitrogen and oxygen atoms in total. The van der Waals surface area contributed by atoms with Crippen LogP contribution in [0.3, 0.4) is 0 Å². The number of nitrogens with zero attached hydrogens (tertiary/aromatic N) is 1. The van der Waals surface area contributed by atoms with Crippen molar-refractivity contribution in [2.45, 2.75) is 51.5 Å². The summed E-state index contributed by atoms with van der Waals surface area (Å²) in [7, 11) is -3.51. The van der Waals surface area contributed by atoms with E-state index in [0.29, 0.717) is 23.0 Å². The largest absolute Gasteiger partial charge is 0.398 e. The molecule has 1 saturated heterocycles. The molecule has 0 aliphatic carbocycles. The molecular formula is C15H24N2O2S. The van der Waals surface area contributed by atoms with Gasteiger partial charge < -0.3 is 5.73 Å². The highest BCUT2D eigenvalue weighted by Gasteiger charge is 2.35. The molecule has 0 spiro atoms. The Labute approximate surface area is 122 Å². The number of anilines is 1. The highest BCUT2D eigenvalue weighted by Crippen LogP contribution is 2.33. The average Bonchev–Trinajstić information content (AvgIpc) is 2.33. The van der Waals surface area contributed by atoms with Gasteiger partial charge in [-0.3, -0.25) is 0 Å². The van der Waals surface area contributed by atoms with Gasteiger partial charge in [-0.2, -0.15) is 4.31 Å². The number of hydrogen-bond acceptors (Lipinski definition) is 3. The van der Waals surface area contributed by atoms with Crippen LogP contribution in [0.5, 0.6) is 0 Å². The molecule has 0 saturated carbocycles. The SMILES string of the molecule is Cc1ccc(N)c(S(=O)(=O)N2CCC(C)CC2C)c1C. The topological polar surface area (TPSA) is 63.4 Å². The monoisotopic (exact) mass is 296 g/mol. The summed E-state index contributed by atoms with van der Waals surface area (Å²) >= 11 is 0. The van der Waals surface area contributed by atoms with E-state index in [4.69, 9.17) is 5.73 Å². The molecule has 2 N–H and O–H groups in total. The summed E-state index contributed by atoms with van der Waals surface area (Å²) < 4.78 is 27.5. The molecule has 112 valence electrons. The van der Waals surface area contributed by atoms with E-state index in [1.165, 1.54) is 0 Å². The number of rotatable bonds is 2. The first kappa shape index (κ1) is 15.3. The lowest BCUT2D eigenvalue weighted by molar-refractivity contribution is 0.220. The van der Waals surface area contributed by atoms with Crippen molar-refractivity contribution in [1.29, 1.82) is 0 Å². The van der Waals surface area contributed by atoms with E-state index in [9.17, 15) is 8.42 Å². The third kappa shape index (κ3) is 2.56. The Morgan fingerprint density at radius 1 is 1.25 bits per heavy atom. The fraction of sp³-hybridized carbons (Fsp3) is 0.600. The van der Waals surface area contributed by atoms with Crippen LogP contribution in [0.2, 0.25) is 0 Å². The van der Waals surface area contributed by atoms with Gasteiger partial charge in [-0.05, 0) is 56.7 Å². The third-order valence-electron chi connectivity index (χ3n) is 4.35. The average molecular weight is 296 g/mol. The molecule has 5 heteroatoms. The van der Waals surface area contributed by atoms with Gasteiger partial charge in [0.2, 0.25) is 10.0 Å². The second-order valence-corrected chi connectivity index (χ2v) is 7.85. The summed E-state index contributed by atoms with van der Waals surface area (Å²) in [4.78, 5) is 0.291. The normalized spacial score (nSPS) is 24.8. The van der Waals surface area contributed by atoms with Gasteiger partial charge in [-0.25, -0.2) is 8.42 Å². The fourth-order valence-electron chi connectivity index (χ4n) is 3.01. The Hall–Kier alpha value is -1.07. The summed E-state index contributed by atoms with van der Waals surface area (Å²) in [5, 5.41) is 0. The Bertz CT molecular complexity index is 611. The number of piperidine rings is 1. The molecule has 0 radical (unpaired) electrons. The lowest BCUT2D eigenvalue weighted by atomic mass is 9.95. The summed E-state index contributed by atoms with van der Waals surface area (Å²) in [6.07, 6.45) is 1.82. The van der Waals surface area contributed by atoms with Crippen molar-refractivity contribution in [2.24, 2.45) is 5.92 Å². The Kier molecular flexibility index (Phi) is 4.12. The van der Waals surface area contributed by atoms with Crippen molar-refractivity contribution >= 4 is 15.7 Å². The summed E-state index contributed by atoms with van der Waals surface area (Å²) in [5.74, 6) is 0.576. The van der Waals surface area contributed by atoms with Crippen LogP contribution in [-0.4, -0.2) is 25.3 Å². The maximum absolute atomic E-state index is 12.9. The number of benzene rings is 1. The number of hydrogen-bond donors (Lipinski definition) is 1. The van der Waals surface area contributed by atoms with Crippen LogP contribution in [0.15, 0.2) is 17.0 Å². The molecule has 0 bridgehead atoms. The highest BCUT2D eigenvalue weighted by molar-refractivity contribution is 7.89. The van der Waals surface area contributed by atoms with Crippen LogP contribution in [0.4, 0.5) is 5.69 Å². The highest BCUT2D eigenvalue weighted by atomic mass is 32.2. The molecule has 0 amide bonds. The van der Waals surface area contributed by atoms with Crippen molar-refractivity contribution in [3.8, 4) is 0 Å². The van der Waals surface area contributed by atoms with E-state index in [1.807, 2.05) is 26.8 Å². The lowest BCUT2D eigenvalue weighted by Crippen LogP contribution is -2.44. The maximum Gasteiger partial charge on any atom is 0.245 e. The zero-order valence-corrected chi connectivity index (χ0v) is 13.5. The van der Waals surface area contributed by atoms with E-state index in [1.54, 1.807) is 10.4 Å². The second kappa shape index (κ2) is 5.37. The molecule has 0 aromatic heterocycles. The molecule has 1 fully saturated rings. The van der Waals surface area contributed by atoms with Crippen molar-refractivity contribution in [3.05, 3.63) is 23.3 Å². The van der Waals surface area contributed by atoms with Crippen molar-refractivity contribution < 1.29 is 8.42 Å². The van der Waals surface area contributed by atoms with Gasteiger partial charge in [0.15, 0.2) is 0 Å². The molecule has 1 heterocycles. The zero-order chi connectivity index (χ0) is 15.1.